The van der Waals surface area contributed by atoms with Crippen LogP contribution in [0.5, 0.6) is 5.75 Å². The van der Waals surface area contributed by atoms with Gasteiger partial charge in [-0.05, 0) is 62.0 Å². The molecule has 6 nitrogen and oxygen atoms in total. The predicted octanol–water partition coefficient (Wildman–Crippen LogP) is 3.61. The van der Waals surface area contributed by atoms with Gasteiger partial charge in [-0.3, -0.25) is 9.48 Å². The first-order valence-electron chi connectivity index (χ1n) is 11.1. The third kappa shape index (κ3) is 4.90. The van der Waals surface area contributed by atoms with Crippen molar-refractivity contribution in [3.05, 3.63) is 59.8 Å². The van der Waals surface area contributed by atoms with E-state index in [-0.39, 0.29) is 5.91 Å². The van der Waals surface area contributed by atoms with Gasteiger partial charge >= 0.3 is 0 Å². The number of nitrogens with zero attached hydrogens (tertiary/aromatic N) is 4. The van der Waals surface area contributed by atoms with Gasteiger partial charge in [-0.1, -0.05) is 30.3 Å². The van der Waals surface area contributed by atoms with Crippen molar-refractivity contribution < 1.29 is 9.53 Å². The maximum absolute atomic E-state index is 13.1. The topological polar surface area (TPSA) is 50.6 Å². The second kappa shape index (κ2) is 9.52. The largest absolute Gasteiger partial charge is 0.497 e. The fraction of sp³-hybridized carbons (Fsp3) is 0.440. The van der Waals surface area contributed by atoms with Crippen LogP contribution in [0.15, 0.2) is 48.5 Å². The van der Waals surface area contributed by atoms with Crippen LogP contribution in [0.1, 0.15) is 28.9 Å². The lowest BCUT2D eigenvalue weighted by Gasteiger charge is -2.34. The summed E-state index contributed by atoms with van der Waals surface area (Å²) in [5, 5.41) is 5.41. The van der Waals surface area contributed by atoms with Crippen LogP contribution in [0.3, 0.4) is 0 Å². The molecule has 1 aliphatic rings. The monoisotopic (exact) mass is 420 g/mol. The van der Waals surface area contributed by atoms with E-state index in [0.717, 1.165) is 62.1 Å². The summed E-state index contributed by atoms with van der Waals surface area (Å²) in [6.07, 6.45) is 3.32. The zero-order chi connectivity index (χ0) is 21.8. The standard InChI is InChI=1S/C25H32N4O2/c1-27(25(30)24-22-6-4-5-7-23(22)26-28(24)2)18-20-13-16-29(17-14-20)15-12-19-8-10-21(31-3)11-9-19/h4-11,20H,12-18H2,1-3H3. The van der Waals surface area contributed by atoms with Crippen LogP contribution in [0.2, 0.25) is 0 Å². The molecule has 0 saturated carbocycles. The summed E-state index contributed by atoms with van der Waals surface area (Å²) < 4.78 is 6.95. The first kappa shape index (κ1) is 21.4. The average Bonchev–Trinajstić information content (AvgIpc) is 3.14. The number of piperidine rings is 1. The van der Waals surface area contributed by atoms with Crippen LogP contribution in [-0.4, -0.2) is 65.8 Å². The number of likely N-dealkylation sites (tertiary alicyclic amines) is 1. The highest BCUT2D eigenvalue weighted by molar-refractivity contribution is 6.04. The summed E-state index contributed by atoms with van der Waals surface area (Å²) in [5.74, 6) is 1.51. The van der Waals surface area contributed by atoms with Gasteiger partial charge < -0.3 is 14.5 Å². The molecule has 0 atom stereocenters. The molecule has 1 aliphatic heterocycles. The lowest BCUT2D eigenvalue weighted by atomic mass is 9.95. The van der Waals surface area contributed by atoms with E-state index in [4.69, 9.17) is 4.74 Å². The van der Waals surface area contributed by atoms with Gasteiger partial charge in [0.25, 0.3) is 5.91 Å². The number of benzene rings is 2. The fourth-order valence-corrected chi connectivity index (χ4v) is 4.52. The summed E-state index contributed by atoms with van der Waals surface area (Å²) in [6, 6.07) is 16.2. The van der Waals surface area contributed by atoms with Gasteiger partial charge in [0.15, 0.2) is 0 Å². The molecule has 4 rings (SSSR count). The van der Waals surface area contributed by atoms with Crippen LogP contribution in [0.25, 0.3) is 10.9 Å². The molecule has 0 unspecified atom stereocenters. The Morgan fingerprint density at radius 2 is 1.84 bits per heavy atom. The first-order valence-corrected chi connectivity index (χ1v) is 11.1. The van der Waals surface area contributed by atoms with Gasteiger partial charge in [-0.2, -0.15) is 5.10 Å². The SMILES string of the molecule is COc1ccc(CCN2CCC(CN(C)C(=O)c3c4ccccc4nn3C)CC2)cc1. The Balaban J connectivity index is 1.27. The number of ether oxygens (including phenoxy) is 1. The minimum absolute atomic E-state index is 0.0538. The highest BCUT2D eigenvalue weighted by atomic mass is 16.5. The Morgan fingerprint density at radius 1 is 1.13 bits per heavy atom. The molecular weight excluding hydrogens is 388 g/mol. The third-order valence-corrected chi connectivity index (χ3v) is 6.40. The van der Waals surface area contributed by atoms with Crippen molar-refractivity contribution in [3.8, 4) is 5.75 Å². The maximum atomic E-state index is 13.1. The Hall–Kier alpha value is -2.86. The lowest BCUT2D eigenvalue weighted by molar-refractivity contribution is 0.0731. The van der Waals surface area contributed by atoms with E-state index in [1.807, 2.05) is 55.4 Å². The quantitative estimate of drug-likeness (QED) is 0.586. The van der Waals surface area contributed by atoms with Crippen LogP contribution >= 0.6 is 0 Å². The molecule has 6 heteroatoms. The second-order valence-electron chi connectivity index (χ2n) is 8.56. The number of hydrogen-bond acceptors (Lipinski definition) is 4. The van der Waals surface area contributed by atoms with Crippen molar-refractivity contribution in [1.29, 1.82) is 0 Å². The van der Waals surface area contributed by atoms with E-state index in [0.29, 0.717) is 11.6 Å². The van der Waals surface area contributed by atoms with Crippen molar-refractivity contribution in [3.63, 3.8) is 0 Å². The molecule has 0 aliphatic carbocycles. The maximum Gasteiger partial charge on any atom is 0.272 e. The van der Waals surface area contributed by atoms with Gasteiger partial charge in [0.2, 0.25) is 0 Å². The highest BCUT2D eigenvalue weighted by Crippen LogP contribution is 2.22. The van der Waals surface area contributed by atoms with Gasteiger partial charge in [-0.25, -0.2) is 0 Å². The van der Waals surface area contributed by atoms with Crippen molar-refractivity contribution in [2.24, 2.45) is 13.0 Å². The Morgan fingerprint density at radius 3 is 2.55 bits per heavy atom. The number of carbonyl (C=O) groups is 1. The van der Waals surface area contributed by atoms with Crippen LogP contribution in [0, 0.1) is 5.92 Å². The highest BCUT2D eigenvalue weighted by Gasteiger charge is 2.25. The lowest BCUT2D eigenvalue weighted by Crippen LogP contribution is -2.40. The smallest absolute Gasteiger partial charge is 0.272 e. The number of rotatable bonds is 7. The number of amides is 1. The zero-order valence-electron chi connectivity index (χ0n) is 18.8. The summed E-state index contributed by atoms with van der Waals surface area (Å²) in [6.45, 7) is 4.06. The predicted molar refractivity (Wildman–Crippen MR) is 124 cm³/mol. The fourth-order valence-electron chi connectivity index (χ4n) is 4.52. The molecule has 0 radical (unpaired) electrons. The summed E-state index contributed by atoms with van der Waals surface area (Å²) in [5.41, 5.74) is 2.89. The molecule has 0 spiro atoms. The van der Waals surface area contributed by atoms with Gasteiger partial charge in [0.1, 0.15) is 11.4 Å². The van der Waals surface area contributed by atoms with E-state index < -0.39 is 0 Å². The minimum atomic E-state index is 0.0538. The van der Waals surface area contributed by atoms with E-state index >= 15 is 0 Å². The number of aryl methyl sites for hydroxylation is 1. The average molecular weight is 421 g/mol. The van der Waals surface area contributed by atoms with Crippen LogP contribution in [-0.2, 0) is 13.5 Å². The number of carbonyl (C=O) groups excluding carboxylic acids is 1. The van der Waals surface area contributed by atoms with Crippen LogP contribution in [0.4, 0.5) is 0 Å². The zero-order valence-corrected chi connectivity index (χ0v) is 18.8. The van der Waals surface area contributed by atoms with Crippen molar-refractivity contribution in [2.75, 3.05) is 40.3 Å². The van der Waals surface area contributed by atoms with E-state index in [1.165, 1.54) is 5.56 Å². The molecule has 164 valence electrons. The third-order valence-electron chi connectivity index (χ3n) is 6.40. The number of fused-ring (bicyclic) bond motifs is 1. The van der Waals surface area contributed by atoms with Crippen LogP contribution < -0.4 is 4.74 Å². The van der Waals surface area contributed by atoms with Gasteiger partial charge in [-0.15, -0.1) is 0 Å². The molecule has 3 aromatic rings. The summed E-state index contributed by atoms with van der Waals surface area (Å²) >= 11 is 0. The minimum Gasteiger partial charge on any atom is -0.497 e. The van der Waals surface area contributed by atoms with E-state index in [2.05, 4.69) is 22.1 Å². The Kier molecular flexibility index (Phi) is 6.56. The van der Waals surface area contributed by atoms with Crippen molar-refractivity contribution in [1.82, 2.24) is 19.6 Å². The number of aromatic nitrogens is 2. The van der Waals surface area contributed by atoms with Gasteiger partial charge in [0, 0.05) is 32.6 Å². The van der Waals surface area contributed by atoms with E-state index in [9.17, 15) is 4.79 Å². The van der Waals surface area contributed by atoms with E-state index in [1.54, 1.807) is 11.8 Å². The molecule has 31 heavy (non-hydrogen) atoms. The van der Waals surface area contributed by atoms with Gasteiger partial charge in [0.05, 0.1) is 12.6 Å². The molecule has 1 aromatic heterocycles. The summed E-state index contributed by atoms with van der Waals surface area (Å²) in [7, 11) is 5.46. The summed E-state index contributed by atoms with van der Waals surface area (Å²) in [4.78, 5) is 17.5. The molecule has 0 bridgehead atoms. The Labute approximate surface area is 184 Å². The molecule has 2 heterocycles. The van der Waals surface area contributed by atoms with Crippen molar-refractivity contribution in [2.45, 2.75) is 19.3 Å². The Bertz CT molecular complexity index is 1020. The second-order valence-corrected chi connectivity index (χ2v) is 8.56. The number of hydrogen-bond donors (Lipinski definition) is 0. The molecule has 1 fully saturated rings. The molecule has 2 aromatic carbocycles. The van der Waals surface area contributed by atoms with Crippen molar-refractivity contribution >= 4 is 16.8 Å². The first-order chi connectivity index (χ1) is 15.0. The normalized spacial score (nSPS) is 15.3. The number of methoxy groups -OCH3 is 1. The molecule has 1 saturated heterocycles. The molecule has 1 amide bonds. The molecule has 0 N–H and O–H groups in total. The molecular formula is C25H32N4O2.